The summed E-state index contributed by atoms with van der Waals surface area (Å²) < 4.78 is 72.1. The van der Waals surface area contributed by atoms with Crippen molar-refractivity contribution >= 4 is 28.5 Å². The van der Waals surface area contributed by atoms with Gasteiger partial charge in [-0.3, -0.25) is 4.90 Å². The fraction of sp³-hybridized carbons (Fsp3) is 0.548. The van der Waals surface area contributed by atoms with Crippen LogP contribution in [0.15, 0.2) is 6.07 Å². The molecule has 3 aliphatic heterocycles. The molecule has 6 rings (SSSR count). The molecule has 0 aromatic carbocycles. The minimum Gasteiger partial charge on any atom is -0.472 e. The average Bonchev–Trinajstić information content (AvgIpc) is 3.14. The van der Waals surface area contributed by atoms with Crippen molar-refractivity contribution in [3.8, 4) is 17.1 Å². The topological polar surface area (TPSA) is 127 Å². The number of anilines is 2. The zero-order chi connectivity index (χ0) is 32.9. The third-order valence-corrected chi connectivity index (χ3v) is 8.80. The van der Waals surface area contributed by atoms with Crippen molar-refractivity contribution in [2.24, 2.45) is 0 Å². The molecule has 5 atom stereocenters. The minimum absolute atomic E-state index is 0.105. The number of piperazine rings is 1. The molecule has 2 saturated heterocycles. The van der Waals surface area contributed by atoms with E-state index in [4.69, 9.17) is 20.2 Å². The summed E-state index contributed by atoms with van der Waals surface area (Å²) in [6.45, 7) is 11.7. The molecule has 242 valence electrons. The largest absolute Gasteiger partial charge is 0.472 e. The Morgan fingerprint density at radius 3 is 2.44 bits per heavy atom. The SMILES string of the molecule is Cc1nc(N)cc(-c2nc3c4c(nc(C)c([C@@H](C)O)c4c2F)N2C[C@H]4CC[C@@H]([C@H]2[C@H](C)O3)N4C(=O)OC(C)(C)C)c1C(F)(F)F. The number of nitrogens with zero attached hydrogens (tertiary/aromatic N) is 5. The van der Waals surface area contributed by atoms with E-state index in [-0.39, 0.29) is 40.1 Å². The highest BCUT2D eigenvalue weighted by Crippen LogP contribution is 2.49. The van der Waals surface area contributed by atoms with E-state index < -0.39 is 64.5 Å². The number of hydrogen-bond acceptors (Lipinski definition) is 9. The highest BCUT2D eigenvalue weighted by molar-refractivity contribution is 6.02. The van der Waals surface area contributed by atoms with E-state index in [9.17, 15) is 23.1 Å². The van der Waals surface area contributed by atoms with Gasteiger partial charge in [0.25, 0.3) is 0 Å². The molecular weight excluding hydrogens is 596 g/mol. The Morgan fingerprint density at radius 2 is 1.82 bits per heavy atom. The monoisotopic (exact) mass is 632 g/mol. The fourth-order valence-electron chi connectivity index (χ4n) is 7.30. The van der Waals surface area contributed by atoms with Crippen LogP contribution < -0.4 is 15.4 Å². The van der Waals surface area contributed by atoms with Gasteiger partial charge in [0.1, 0.15) is 29.0 Å². The molecule has 0 aliphatic carbocycles. The molecule has 1 amide bonds. The molecule has 0 unspecified atom stereocenters. The molecule has 14 heteroatoms. The number of amides is 1. The van der Waals surface area contributed by atoms with E-state index >= 15 is 4.39 Å². The maximum Gasteiger partial charge on any atom is 0.418 e. The van der Waals surface area contributed by atoms with Crippen LogP contribution >= 0.6 is 0 Å². The summed E-state index contributed by atoms with van der Waals surface area (Å²) >= 11 is 0. The molecule has 2 bridgehead atoms. The zero-order valence-corrected chi connectivity index (χ0v) is 26.1. The van der Waals surface area contributed by atoms with Crippen molar-refractivity contribution in [2.75, 3.05) is 17.2 Å². The normalized spacial score (nSPS) is 23.5. The van der Waals surface area contributed by atoms with Crippen LogP contribution in [-0.2, 0) is 10.9 Å². The number of ether oxygens (including phenoxy) is 2. The first-order chi connectivity index (χ1) is 20.9. The number of halogens is 4. The van der Waals surface area contributed by atoms with Crippen LogP contribution in [0.2, 0.25) is 0 Å². The van der Waals surface area contributed by atoms with Crippen molar-refractivity contribution in [1.29, 1.82) is 0 Å². The van der Waals surface area contributed by atoms with Crippen LogP contribution in [0, 0.1) is 19.7 Å². The lowest BCUT2D eigenvalue weighted by Gasteiger charge is -2.48. The molecule has 3 aromatic rings. The van der Waals surface area contributed by atoms with Gasteiger partial charge in [0.15, 0.2) is 5.82 Å². The van der Waals surface area contributed by atoms with Crippen LogP contribution in [0.3, 0.4) is 0 Å². The van der Waals surface area contributed by atoms with E-state index in [0.717, 1.165) is 13.0 Å². The highest BCUT2D eigenvalue weighted by atomic mass is 19.4. The second-order valence-electron chi connectivity index (χ2n) is 13.1. The molecule has 0 spiro atoms. The summed E-state index contributed by atoms with van der Waals surface area (Å²) in [6, 6.07) is -0.0929. The number of nitrogens with two attached hydrogens (primary N) is 1. The van der Waals surface area contributed by atoms with Gasteiger partial charge in [-0.1, -0.05) is 0 Å². The van der Waals surface area contributed by atoms with E-state index in [1.54, 1.807) is 39.5 Å². The first-order valence-electron chi connectivity index (χ1n) is 14.9. The van der Waals surface area contributed by atoms with Gasteiger partial charge in [0, 0.05) is 28.8 Å². The van der Waals surface area contributed by atoms with E-state index in [0.29, 0.717) is 30.9 Å². The summed E-state index contributed by atoms with van der Waals surface area (Å²) in [5.41, 5.74) is 2.71. The first kappa shape index (κ1) is 31.1. The van der Waals surface area contributed by atoms with Gasteiger partial charge in [0.2, 0.25) is 5.88 Å². The third kappa shape index (κ3) is 4.97. The van der Waals surface area contributed by atoms with Crippen molar-refractivity contribution < 1.29 is 36.9 Å². The Morgan fingerprint density at radius 1 is 1.13 bits per heavy atom. The number of carbonyl (C=O) groups excluding carboxylic acids is 1. The second kappa shape index (κ2) is 10.3. The van der Waals surface area contributed by atoms with Gasteiger partial charge < -0.3 is 25.2 Å². The summed E-state index contributed by atoms with van der Waals surface area (Å²) in [4.78, 5) is 30.1. The van der Waals surface area contributed by atoms with E-state index in [1.165, 1.54) is 6.92 Å². The maximum absolute atomic E-state index is 16.9. The number of aliphatic hydroxyl groups is 1. The van der Waals surface area contributed by atoms with Gasteiger partial charge in [-0.25, -0.2) is 24.1 Å². The number of pyridine rings is 3. The van der Waals surface area contributed by atoms with E-state index in [2.05, 4.69) is 9.97 Å². The van der Waals surface area contributed by atoms with Gasteiger partial charge in [-0.05, 0) is 67.4 Å². The van der Waals surface area contributed by atoms with Crippen molar-refractivity contribution in [1.82, 2.24) is 19.9 Å². The predicted molar refractivity (Wildman–Crippen MR) is 158 cm³/mol. The number of rotatable bonds is 2. The lowest BCUT2D eigenvalue weighted by atomic mass is 9.95. The lowest BCUT2D eigenvalue weighted by molar-refractivity contribution is -0.137. The second-order valence-corrected chi connectivity index (χ2v) is 13.1. The third-order valence-electron chi connectivity index (χ3n) is 8.80. The number of aliphatic hydroxyl groups excluding tert-OH is 1. The molecule has 0 saturated carbocycles. The van der Waals surface area contributed by atoms with E-state index in [1.807, 2.05) is 4.90 Å². The molecule has 3 N–H and O–H groups in total. The number of aryl methyl sites for hydroxylation is 2. The van der Waals surface area contributed by atoms with Crippen LogP contribution in [0.4, 0.5) is 34.0 Å². The van der Waals surface area contributed by atoms with Crippen molar-refractivity contribution in [3.63, 3.8) is 0 Å². The summed E-state index contributed by atoms with van der Waals surface area (Å²) in [7, 11) is 0. The minimum atomic E-state index is -4.90. The average molecular weight is 633 g/mol. The predicted octanol–water partition coefficient (Wildman–Crippen LogP) is 5.84. The molecule has 0 radical (unpaired) electrons. The van der Waals surface area contributed by atoms with Crippen LogP contribution in [0.1, 0.15) is 76.1 Å². The first-order valence-corrected chi connectivity index (χ1v) is 14.9. The quantitative estimate of drug-likeness (QED) is 0.335. The van der Waals surface area contributed by atoms with Gasteiger partial charge >= 0.3 is 12.3 Å². The van der Waals surface area contributed by atoms with Crippen LogP contribution in [0.5, 0.6) is 5.88 Å². The molecule has 6 heterocycles. The number of carbonyl (C=O) groups is 1. The van der Waals surface area contributed by atoms with Crippen molar-refractivity contribution in [2.45, 2.75) is 103 Å². The summed E-state index contributed by atoms with van der Waals surface area (Å²) in [5.74, 6) is -1.11. The maximum atomic E-state index is 16.9. The lowest BCUT2D eigenvalue weighted by Crippen LogP contribution is -2.65. The number of fused-ring (bicyclic) bond motifs is 5. The van der Waals surface area contributed by atoms with Crippen LogP contribution in [0.25, 0.3) is 22.0 Å². The molecule has 2 fully saturated rings. The highest BCUT2D eigenvalue weighted by Gasteiger charge is 2.54. The smallest absolute Gasteiger partial charge is 0.418 e. The molecular formula is C31H36F4N6O4. The Bertz CT molecular complexity index is 1720. The standard InChI is InChI=1S/C31H36F4N6O4/c1-12-20(14(3)42)21-22-27(38-12)40-11-16-8-9-18(41(16)29(43)45-30(5,6)7)26(40)15(4)44-28(22)39-25(24(21)32)17-10-19(36)37-13(2)23(17)31(33,34)35/h10,14-16,18,26,42H,8-9,11H2,1-7H3,(H2,36,37)/t14-,15+,16-,18+,26-/m1/s1. The van der Waals surface area contributed by atoms with Gasteiger partial charge in [0.05, 0.1) is 40.9 Å². The molecule has 45 heavy (non-hydrogen) atoms. The van der Waals surface area contributed by atoms with Crippen molar-refractivity contribution in [3.05, 3.63) is 34.4 Å². The Labute approximate surface area is 257 Å². The molecule has 3 aliphatic rings. The molecule has 10 nitrogen and oxygen atoms in total. The van der Waals surface area contributed by atoms with Crippen LogP contribution in [-0.4, -0.2) is 67.4 Å². The number of aromatic nitrogens is 3. The summed E-state index contributed by atoms with van der Waals surface area (Å²) in [6.07, 6.45) is -5.88. The van der Waals surface area contributed by atoms with Gasteiger partial charge in [-0.15, -0.1) is 0 Å². The summed E-state index contributed by atoms with van der Waals surface area (Å²) in [5, 5.41) is 10.8. The van der Waals surface area contributed by atoms with Gasteiger partial charge in [-0.2, -0.15) is 13.2 Å². The Balaban J connectivity index is 1.61. The number of nitrogen functional groups attached to an aromatic ring is 1. The fourth-order valence-corrected chi connectivity index (χ4v) is 7.30. The number of alkyl halides is 3. The Hall–Kier alpha value is -3.94. The number of hydrogen-bond donors (Lipinski definition) is 2. The Kier molecular flexibility index (Phi) is 7.10. The molecule has 3 aromatic heterocycles. The zero-order valence-electron chi connectivity index (χ0n) is 26.1.